The lowest BCUT2D eigenvalue weighted by Crippen LogP contribution is -2.17. The van der Waals surface area contributed by atoms with Crippen LogP contribution in [0.2, 0.25) is 0 Å². The normalized spacial score (nSPS) is 10.6. The number of esters is 1. The number of hydrazone groups is 1. The van der Waals surface area contributed by atoms with E-state index in [1.54, 1.807) is 66.7 Å². The molecular weight excluding hydrogens is 448 g/mol. The number of unbranched alkanes of at least 4 members (excludes halogenated alkanes) is 1. The molecule has 8 nitrogen and oxygen atoms in total. The average Bonchev–Trinajstić information content (AvgIpc) is 2.89. The molecule has 0 atom stereocenters. The summed E-state index contributed by atoms with van der Waals surface area (Å²) in [5.74, 6) is 1.20. The molecule has 0 spiro atoms. The van der Waals surface area contributed by atoms with Gasteiger partial charge in [0.2, 0.25) is 0 Å². The minimum absolute atomic E-state index is 0.330. The van der Waals surface area contributed by atoms with Crippen molar-refractivity contribution in [2.24, 2.45) is 5.10 Å². The first kappa shape index (κ1) is 25.3. The van der Waals surface area contributed by atoms with E-state index in [0.29, 0.717) is 35.0 Å². The first-order valence-electron chi connectivity index (χ1n) is 11.1. The van der Waals surface area contributed by atoms with Crippen molar-refractivity contribution in [2.75, 3.05) is 20.8 Å². The minimum Gasteiger partial charge on any atom is -0.494 e. The fourth-order valence-electron chi connectivity index (χ4n) is 3.02. The zero-order valence-corrected chi connectivity index (χ0v) is 19.9. The summed E-state index contributed by atoms with van der Waals surface area (Å²) in [4.78, 5) is 24.7. The van der Waals surface area contributed by atoms with E-state index in [4.69, 9.17) is 18.9 Å². The second kappa shape index (κ2) is 12.8. The van der Waals surface area contributed by atoms with Crippen molar-refractivity contribution < 1.29 is 28.5 Å². The van der Waals surface area contributed by atoms with E-state index in [-0.39, 0.29) is 5.91 Å². The molecule has 35 heavy (non-hydrogen) atoms. The summed E-state index contributed by atoms with van der Waals surface area (Å²) in [6.07, 6.45) is 3.55. The summed E-state index contributed by atoms with van der Waals surface area (Å²) in [6.45, 7) is 2.75. The smallest absolute Gasteiger partial charge is 0.343 e. The van der Waals surface area contributed by atoms with Gasteiger partial charge in [-0.3, -0.25) is 4.79 Å². The van der Waals surface area contributed by atoms with Crippen LogP contribution in [0.3, 0.4) is 0 Å². The second-order valence-corrected chi connectivity index (χ2v) is 7.45. The highest BCUT2D eigenvalue weighted by Crippen LogP contribution is 2.28. The van der Waals surface area contributed by atoms with Crippen molar-refractivity contribution in [1.82, 2.24) is 5.43 Å². The van der Waals surface area contributed by atoms with Gasteiger partial charge < -0.3 is 18.9 Å². The zero-order chi connectivity index (χ0) is 25.0. The first-order chi connectivity index (χ1) is 17.0. The topological polar surface area (TPSA) is 95.5 Å². The summed E-state index contributed by atoms with van der Waals surface area (Å²) in [5, 5.41) is 3.99. The van der Waals surface area contributed by atoms with Crippen molar-refractivity contribution in [3.05, 3.63) is 83.4 Å². The van der Waals surface area contributed by atoms with Crippen LogP contribution in [0.5, 0.6) is 23.0 Å². The van der Waals surface area contributed by atoms with Crippen molar-refractivity contribution in [3.8, 4) is 23.0 Å². The molecule has 0 bridgehead atoms. The molecule has 0 aliphatic rings. The van der Waals surface area contributed by atoms with E-state index in [1.807, 2.05) is 0 Å². The third kappa shape index (κ3) is 7.33. The number of carbonyl (C=O) groups is 2. The molecule has 3 aromatic carbocycles. The summed E-state index contributed by atoms with van der Waals surface area (Å²) in [7, 11) is 3.02. The van der Waals surface area contributed by atoms with Gasteiger partial charge >= 0.3 is 5.97 Å². The molecule has 1 N–H and O–H groups in total. The number of amides is 1. The van der Waals surface area contributed by atoms with E-state index in [1.165, 1.54) is 20.4 Å². The molecule has 0 aromatic heterocycles. The highest BCUT2D eigenvalue weighted by molar-refractivity contribution is 5.95. The Morgan fingerprint density at radius 3 is 2.17 bits per heavy atom. The maximum absolute atomic E-state index is 12.4. The molecule has 0 unspecified atom stereocenters. The van der Waals surface area contributed by atoms with Crippen molar-refractivity contribution in [1.29, 1.82) is 0 Å². The summed E-state index contributed by atoms with van der Waals surface area (Å²) in [6, 6.07) is 18.4. The standard InChI is InChI=1S/C27H28N2O6/c1-4-5-16-34-22-13-8-20(9-14-22)26(30)29-28-18-19-6-11-23(12-7-19)35-27(31)21-10-15-24(32-2)25(17-21)33-3/h6-15,17-18H,4-5,16H2,1-3H3,(H,29,30)/b28-18-. The summed E-state index contributed by atoms with van der Waals surface area (Å²) in [5.41, 5.74) is 4.01. The van der Waals surface area contributed by atoms with Gasteiger partial charge in [0.05, 0.1) is 32.6 Å². The molecule has 0 aliphatic carbocycles. The molecule has 0 saturated carbocycles. The summed E-state index contributed by atoms with van der Waals surface area (Å²) < 4.78 is 21.4. The van der Waals surface area contributed by atoms with Gasteiger partial charge in [-0.25, -0.2) is 10.2 Å². The van der Waals surface area contributed by atoms with Crippen LogP contribution in [-0.4, -0.2) is 38.9 Å². The zero-order valence-electron chi connectivity index (χ0n) is 19.9. The van der Waals surface area contributed by atoms with Gasteiger partial charge in [-0.15, -0.1) is 0 Å². The largest absolute Gasteiger partial charge is 0.494 e. The Labute approximate surface area is 204 Å². The van der Waals surface area contributed by atoms with E-state index in [2.05, 4.69) is 17.5 Å². The number of hydrogen-bond acceptors (Lipinski definition) is 7. The number of nitrogens with zero attached hydrogens (tertiary/aromatic N) is 1. The fraction of sp³-hybridized carbons (Fsp3) is 0.222. The van der Waals surface area contributed by atoms with Crippen molar-refractivity contribution in [3.63, 3.8) is 0 Å². The predicted molar refractivity (Wildman–Crippen MR) is 133 cm³/mol. The van der Waals surface area contributed by atoms with Crippen LogP contribution in [0.4, 0.5) is 0 Å². The third-order valence-corrected chi connectivity index (χ3v) is 4.97. The van der Waals surface area contributed by atoms with Gasteiger partial charge in [0, 0.05) is 5.56 Å². The minimum atomic E-state index is -0.526. The number of methoxy groups -OCH3 is 2. The van der Waals surface area contributed by atoms with Gasteiger partial charge in [-0.05, 0) is 78.7 Å². The van der Waals surface area contributed by atoms with Crippen molar-refractivity contribution in [2.45, 2.75) is 19.8 Å². The average molecular weight is 477 g/mol. The Morgan fingerprint density at radius 2 is 1.51 bits per heavy atom. The van der Waals surface area contributed by atoms with E-state index in [0.717, 1.165) is 24.2 Å². The van der Waals surface area contributed by atoms with Crippen LogP contribution in [0, 0.1) is 0 Å². The van der Waals surface area contributed by atoms with Crippen LogP contribution in [0.15, 0.2) is 71.8 Å². The Balaban J connectivity index is 1.52. The van der Waals surface area contributed by atoms with Crippen LogP contribution in [-0.2, 0) is 0 Å². The lowest BCUT2D eigenvalue weighted by molar-refractivity contribution is 0.0734. The van der Waals surface area contributed by atoms with Crippen molar-refractivity contribution >= 4 is 18.1 Å². The number of ether oxygens (including phenoxy) is 4. The fourth-order valence-corrected chi connectivity index (χ4v) is 3.02. The molecule has 0 heterocycles. The highest BCUT2D eigenvalue weighted by Gasteiger charge is 2.13. The molecule has 1 amide bonds. The van der Waals surface area contributed by atoms with Crippen LogP contribution >= 0.6 is 0 Å². The lowest BCUT2D eigenvalue weighted by Gasteiger charge is -2.09. The first-order valence-corrected chi connectivity index (χ1v) is 11.1. The van der Waals surface area contributed by atoms with Gasteiger partial charge in [-0.2, -0.15) is 5.10 Å². The SMILES string of the molecule is CCCCOc1ccc(C(=O)N/N=C\c2ccc(OC(=O)c3ccc(OC)c(OC)c3)cc2)cc1. The summed E-state index contributed by atoms with van der Waals surface area (Å²) >= 11 is 0. The Morgan fingerprint density at radius 1 is 0.857 bits per heavy atom. The van der Waals surface area contributed by atoms with Crippen LogP contribution in [0.25, 0.3) is 0 Å². The number of rotatable bonds is 11. The maximum atomic E-state index is 12.4. The number of benzene rings is 3. The molecule has 182 valence electrons. The molecule has 3 rings (SSSR count). The highest BCUT2D eigenvalue weighted by atomic mass is 16.5. The Bertz CT molecular complexity index is 1160. The second-order valence-electron chi connectivity index (χ2n) is 7.45. The quantitative estimate of drug-likeness (QED) is 0.140. The predicted octanol–water partition coefficient (Wildman–Crippen LogP) is 4.87. The van der Waals surface area contributed by atoms with Crippen LogP contribution in [0.1, 0.15) is 46.0 Å². The molecule has 3 aromatic rings. The maximum Gasteiger partial charge on any atom is 0.343 e. The number of hydrogen-bond donors (Lipinski definition) is 1. The number of carbonyl (C=O) groups excluding carboxylic acids is 2. The van der Waals surface area contributed by atoms with Gasteiger partial charge in [-0.1, -0.05) is 13.3 Å². The van der Waals surface area contributed by atoms with Gasteiger partial charge in [0.25, 0.3) is 5.91 Å². The number of nitrogens with one attached hydrogen (secondary N) is 1. The van der Waals surface area contributed by atoms with Crippen LogP contribution < -0.4 is 24.4 Å². The van der Waals surface area contributed by atoms with E-state index >= 15 is 0 Å². The molecule has 0 fully saturated rings. The van der Waals surface area contributed by atoms with Gasteiger partial charge in [0.1, 0.15) is 11.5 Å². The van der Waals surface area contributed by atoms with Gasteiger partial charge in [0.15, 0.2) is 11.5 Å². The Kier molecular flexibility index (Phi) is 9.24. The molecular formula is C27H28N2O6. The van der Waals surface area contributed by atoms with E-state index in [9.17, 15) is 9.59 Å². The molecule has 0 saturated heterocycles. The molecule has 0 radical (unpaired) electrons. The molecule has 0 aliphatic heterocycles. The van der Waals surface area contributed by atoms with E-state index < -0.39 is 5.97 Å². The molecule has 8 heteroatoms. The monoisotopic (exact) mass is 476 g/mol. The lowest BCUT2D eigenvalue weighted by atomic mass is 10.2. The third-order valence-electron chi connectivity index (χ3n) is 4.97. The Hall–Kier alpha value is -4.33.